The van der Waals surface area contributed by atoms with Gasteiger partial charge in [0, 0.05) is 7.11 Å². The molecule has 0 amide bonds. The number of Topliss-reactive ketones (excluding diaryl/α,β-unsaturated/α-hetero) is 1. The van der Waals surface area contributed by atoms with Gasteiger partial charge in [0.05, 0.1) is 5.75 Å². The van der Waals surface area contributed by atoms with E-state index in [4.69, 9.17) is 0 Å². The number of carbonyl (C=O) groups is 1. The van der Waals surface area contributed by atoms with Gasteiger partial charge < -0.3 is 4.74 Å². The van der Waals surface area contributed by atoms with Crippen LogP contribution in [0.25, 0.3) is 0 Å². The molecule has 0 aromatic carbocycles. The first-order valence-corrected chi connectivity index (χ1v) is 4.99. The van der Waals surface area contributed by atoms with Gasteiger partial charge in [-0.2, -0.15) is 4.37 Å². The highest BCUT2D eigenvalue weighted by atomic mass is 32.2. The molecule has 1 aromatic rings. The van der Waals surface area contributed by atoms with E-state index in [0.717, 1.165) is 4.34 Å². The molecular formula is C6H8N2O2S2. The maximum absolute atomic E-state index is 10.9. The van der Waals surface area contributed by atoms with Crippen molar-refractivity contribution in [2.75, 3.05) is 19.5 Å². The zero-order chi connectivity index (χ0) is 8.81. The minimum absolute atomic E-state index is 0.0673. The van der Waals surface area contributed by atoms with Crippen LogP contribution in [0.5, 0.6) is 0 Å². The van der Waals surface area contributed by atoms with Crippen LogP contribution in [0.15, 0.2) is 10.7 Å². The summed E-state index contributed by atoms with van der Waals surface area (Å²) < 4.78 is 9.31. The van der Waals surface area contributed by atoms with E-state index in [2.05, 4.69) is 14.1 Å². The van der Waals surface area contributed by atoms with Crippen molar-refractivity contribution in [2.45, 2.75) is 4.34 Å². The van der Waals surface area contributed by atoms with Crippen LogP contribution in [0, 0.1) is 0 Å². The quantitative estimate of drug-likeness (QED) is 0.665. The Kier molecular flexibility index (Phi) is 4.20. The van der Waals surface area contributed by atoms with Gasteiger partial charge in [0.1, 0.15) is 12.9 Å². The monoisotopic (exact) mass is 204 g/mol. The highest BCUT2D eigenvalue weighted by Gasteiger charge is 2.03. The zero-order valence-corrected chi connectivity index (χ0v) is 8.15. The average Bonchev–Trinajstić information content (AvgIpc) is 2.53. The molecule has 1 rings (SSSR count). The van der Waals surface area contributed by atoms with E-state index in [1.165, 1.54) is 36.7 Å². The Bertz CT molecular complexity index is 238. The highest BCUT2D eigenvalue weighted by molar-refractivity contribution is 8.01. The van der Waals surface area contributed by atoms with Crippen LogP contribution < -0.4 is 0 Å². The maximum Gasteiger partial charge on any atom is 0.170 e. The molecule has 0 aliphatic heterocycles. The second kappa shape index (κ2) is 5.23. The molecule has 0 unspecified atom stereocenters. The van der Waals surface area contributed by atoms with E-state index in [9.17, 15) is 4.79 Å². The molecule has 0 saturated carbocycles. The van der Waals surface area contributed by atoms with Crippen LogP contribution >= 0.6 is 23.3 Å². The fourth-order valence-electron chi connectivity index (χ4n) is 0.571. The molecule has 0 spiro atoms. The molecule has 0 bridgehead atoms. The van der Waals surface area contributed by atoms with Gasteiger partial charge in [-0.15, -0.1) is 0 Å². The molecule has 0 radical (unpaired) electrons. The Morgan fingerprint density at radius 2 is 2.67 bits per heavy atom. The Morgan fingerprint density at radius 3 is 3.25 bits per heavy atom. The van der Waals surface area contributed by atoms with E-state index in [-0.39, 0.29) is 12.4 Å². The molecule has 1 heterocycles. The molecule has 66 valence electrons. The Hall–Kier alpha value is -0.460. The topological polar surface area (TPSA) is 52.1 Å². The van der Waals surface area contributed by atoms with Crippen LogP contribution in [-0.4, -0.2) is 34.6 Å². The lowest BCUT2D eigenvalue weighted by Gasteiger charge is -1.95. The maximum atomic E-state index is 10.9. The third kappa shape index (κ3) is 3.29. The lowest BCUT2D eigenvalue weighted by molar-refractivity contribution is -0.120. The lowest BCUT2D eigenvalue weighted by atomic mass is 10.5. The summed E-state index contributed by atoms with van der Waals surface area (Å²) in [5, 5.41) is 0. The van der Waals surface area contributed by atoms with E-state index in [0.29, 0.717) is 5.75 Å². The van der Waals surface area contributed by atoms with E-state index < -0.39 is 0 Å². The summed E-state index contributed by atoms with van der Waals surface area (Å²) in [5.41, 5.74) is 0. The van der Waals surface area contributed by atoms with Crippen molar-refractivity contribution >= 4 is 29.1 Å². The fourth-order valence-corrected chi connectivity index (χ4v) is 1.86. The van der Waals surface area contributed by atoms with Gasteiger partial charge in [-0.1, -0.05) is 11.8 Å². The number of methoxy groups -OCH3 is 1. The van der Waals surface area contributed by atoms with Crippen LogP contribution in [0.2, 0.25) is 0 Å². The molecule has 4 nitrogen and oxygen atoms in total. The smallest absolute Gasteiger partial charge is 0.170 e. The summed E-state index contributed by atoms with van der Waals surface area (Å²) in [6, 6.07) is 0. The number of thioether (sulfide) groups is 1. The first kappa shape index (κ1) is 9.63. The van der Waals surface area contributed by atoms with E-state index in [1.807, 2.05) is 0 Å². The number of rotatable bonds is 5. The molecule has 12 heavy (non-hydrogen) atoms. The zero-order valence-electron chi connectivity index (χ0n) is 6.52. The molecule has 1 aromatic heterocycles. The van der Waals surface area contributed by atoms with E-state index >= 15 is 0 Å². The van der Waals surface area contributed by atoms with Gasteiger partial charge in [0.25, 0.3) is 0 Å². The van der Waals surface area contributed by atoms with E-state index in [1.54, 1.807) is 0 Å². The minimum atomic E-state index is 0.0673. The third-order valence-electron chi connectivity index (χ3n) is 1.00. The van der Waals surface area contributed by atoms with Crippen molar-refractivity contribution in [1.29, 1.82) is 0 Å². The Morgan fingerprint density at radius 1 is 1.83 bits per heavy atom. The molecule has 0 N–H and O–H groups in total. The van der Waals surface area contributed by atoms with Crippen LogP contribution in [0.3, 0.4) is 0 Å². The molecule has 0 aliphatic rings. The molecule has 0 atom stereocenters. The summed E-state index contributed by atoms with van der Waals surface area (Å²) in [7, 11) is 1.51. The SMILES string of the molecule is COCC(=O)CSc1ncns1. The van der Waals surface area contributed by atoms with Crippen molar-refractivity contribution < 1.29 is 9.53 Å². The number of ether oxygens (including phenoxy) is 1. The number of hydrogen-bond donors (Lipinski definition) is 0. The van der Waals surface area contributed by atoms with Gasteiger partial charge >= 0.3 is 0 Å². The largest absolute Gasteiger partial charge is 0.377 e. The van der Waals surface area contributed by atoms with Crippen molar-refractivity contribution in [3.8, 4) is 0 Å². The van der Waals surface area contributed by atoms with Crippen molar-refractivity contribution in [3.05, 3.63) is 6.33 Å². The lowest BCUT2D eigenvalue weighted by Crippen LogP contribution is -2.08. The van der Waals surface area contributed by atoms with Gasteiger partial charge in [-0.05, 0) is 11.5 Å². The standard InChI is InChI=1S/C6H8N2O2S2/c1-10-2-5(9)3-11-6-7-4-8-12-6/h4H,2-3H2,1H3. The second-order valence-electron chi connectivity index (χ2n) is 1.97. The van der Waals surface area contributed by atoms with Gasteiger partial charge in [0.15, 0.2) is 10.1 Å². The number of aromatic nitrogens is 2. The molecular weight excluding hydrogens is 196 g/mol. The van der Waals surface area contributed by atoms with Crippen LogP contribution in [0.4, 0.5) is 0 Å². The Labute approximate surface area is 78.5 Å². The van der Waals surface area contributed by atoms with Crippen molar-refractivity contribution in [1.82, 2.24) is 9.36 Å². The van der Waals surface area contributed by atoms with Crippen molar-refractivity contribution in [2.24, 2.45) is 0 Å². The summed E-state index contributed by atoms with van der Waals surface area (Å²) in [4.78, 5) is 14.9. The average molecular weight is 204 g/mol. The number of hydrogen-bond acceptors (Lipinski definition) is 6. The normalized spacial score (nSPS) is 10.1. The predicted octanol–water partition coefficient (Wildman–Crippen LogP) is 0.846. The second-order valence-corrected chi connectivity index (χ2v) is 3.97. The first-order chi connectivity index (χ1) is 5.83. The summed E-state index contributed by atoms with van der Waals surface area (Å²) >= 11 is 2.68. The first-order valence-electron chi connectivity index (χ1n) is 3.23. The van der Waals surface area contributed by atoms with Crippen LogP contribution in [-0.2, 0) is 9.53 Å². The highest BCUT2D eigenvalue weighted by Crippen LogP contribution is 2.17. The summed E-state index contributed by atoms with van der Waals surface area (Å²) in [6.07, 6.45) is 1.48. The molecule has 0 saturated heterocycles. The number of carbonyl (C=O) groups excluding carboxylic acids is 1. The Balaban J connectivity index is 2.22. The number of ketones is 1. The van der Waals surface area contributed by atoms with Crippen LogP contribution in [0.1, 0.15) is 0 Å². The number of nitrogens with zero attached hydrogens (tertiary/aromatic N) is 2. The van der Waals surface area contributed by atoms with Gasteiger partial charge in [-0.25, -0.2) is 4.98 Å². The van der Waals surface area contributed by atoms with Crippen molar-refractivity contribution in [3.63, 3.8) is 0 Å². The summed E-state index contributed by atoms with van der Waals surface area (Å²) in [5.74, 6) is 0.473. The molecule has 0 fully saturated rings. The minimum Gasteiger partial charge on any atom is -0.377 e. The molecule has 0 aliphatic carbocycles. The van der Waals surface area contributed by atoms with Gasteiger partial charge in [-0.3, -0.25) is 4.79 Å². The third-order valence-corrected chi connectivity index (χ3v) is 2.86. The fraction of sp³-hybridized carbons (Fsp3) is 0.500. The molecule has 6 heteroatoms. The predicted molar refractivity (Wildman–Crippen MR) is 47.5 cm³/mol. The summed E-state index contributed by atoms with van der Waals surface area (Å²) in [6.45, 7) is 0.172. The van der Waals surface area contributed by atoms with Gasteiger partial charge in [0.2, 0.25) is 0 Å².